The van der Waals surface area contributed by atoms with E-state index < -0.39 is 0 Å². The van der Waals surface area contributed by atoms with Crippen LogP contribution in [0.3, 0.4) is 0 Å². The number of rotatable bonds is 8. The lowest BCUT2D eigenvalue weighted by Gasteiger charge is -2.32. The van der Waals surface area contributed by atoms with Crippen LogP contribution in [0.25, 0.3) is 0 Å². The summed E-state index contributed by atoms with van der Waals surface area (Å²) in [5.74, 6) is -0.161. The van der Waals surface area contributed by atoms with E-state index in [1.807, 2.05) is 13.8 Å². The fourth-order valence-electron chi connectivity index (χ4n) is 2.54. The van der Waals surface area contributed by atoms with Crippen LogP contribution in [0.2, 0.25) is 0 Å². The molecule has 0 aromatic carbocycles. The number of nitrogens with zero attached hydrogens (tertiary/aromatic N) is 1. The molecule has 5 heteroatoms. The van der Waals surface area contributed by atoms with Crippen molar-refractivity contribution in [3.63, 3.8) is 0 Å². The third-order valence-electron chi connectivity index (χ3n) is 3.61. The molecule has 0 aliphatic carbocycles. The standard InChI is InChI=1S/C14H28N2O3/c1-4-15-13(14(17)18-3)8-11-16-9-6-12(7-10-16)19-5-2/h12-13,15H,4-11H2,1-3H3. The summed E-state index contributed by atoms with van der Waals surface area (Å²) in [7, 11) is 1.44. The van der Waals surface area contributed by atoms with Crippen molar-refractivity contribution in [2.24, 2.45) is 0 Å². The second kappa shape index (κ2) is 9.28. The number of nitrogens with one attached hydrogen (secondary N) is 1. The molecule has 1 aliphatic rings. The van der Waals surface area contributed by atoms with Gasteiger partial charge in [-0.3, -0.25) is 4.79 Å². The lowest BCUT2D eigenvalue weighted by molar-refractivity contribution is -0.143. The van der Waals surface area contributed by atoms with Crippen molar-refractivity contribution < 1.29 is 14.3 Å². The highest BCUT2D eigenvalue weighted by molar-refractivity contribution is 5.75. The molecule has 1 saturated heterocycles. The van der Waals surface area contributed by atoms with Gasteiger partial charge >= 0.3 is 5.97 Å². The van der Waals surface area contributed by atoms with Gasteiger partial charge in [0.05, 0.1) is 13.2 Å². The minimum atomic E-state index is -0.181. The zero-order valence-electron chi connectivity index (χ0n) is 12.5. The summed E-state index contributed by atoms with van der Waals surface area (Å²) < 4.78 is 10.5. The molecule has 19 heavy (non-hydrogen) atoms. The first kappa shape index (κ1) is 16.4. The van der Waals surface area contributed by atoms with Crippen molar-refractivity contribution in [3.05, 3.63) is 0 Å². The second-order valence-corrected chi connectivity index (χ2v) is 4.92. The van der Waals surface area contributed by atoms with Gasteiger partial charge < -0.3 is 19.7 Å². The predicted octanol–water partition coefficient (Wildman–Crippen LogP) is 1.03. The molecule has 0 spiro atoms. The lowest BCUT2D eigenvalue weighted by atomic mass is 10.1. The number of ether oxygens (including phenoxy) is 2. The molecule has 1 N–H and O–H groups in total. The van der Waals surface area contributed by atoms with Crippen LogP contribution in [0.4, 0.5) is 0 Å². The first-order chi connectivity index (χ1) is 9.21. The Labute approximate surface area is 116 Å². The molecule has 0 amide bonds. The second-order valence-electron chi connectivity index (χ2n) is 4.92. The van der Waals surface area contributed by atoms with Gasteiger partial charge in [0.25, 0.3) is 0 Å². The first-order valence-corrected chi connectivity index (χ1v) is 7.36. The minimum absolute atomic E-state index is 0.161. The average molecular weight is 272 g/mol. The monoisotopic (exact) mass is 272 g/mol. The lowest BCUT2D eigenvalue weighted by Crippen LogP contribution is -2.43. The summed E-state index contributed by atoms with van der Waals surface area (Å²) in [6.45, 7) is 8.69. The summed E-state index contributed by atoms with van der Waals surface area (Å²) in [6, 6.07) is -0.181. The van der Waals surface area contributed by atoms with E-state index in [4.69, 9.17) is 9.47 Å². The number of piperidine rings is 1. The maximum absolute atomic E-state index is 11.6. The molecule has 1 unspecified atom stereocenters. The SMILES string of the molecule is CCNC(CCN1CCC(OCC)CC1)C(=O)OC. The van der Waals surface area contributed by atoms with Gasteiger partial charge in [-0.2, -0.15) is 0 Å². The van der Waals surface area contributed by atoms with E-state index in [1.54, 1.807) is 0 Å². The van der Waals surface area contributed by atoms with E-state index in [0.717, 1.165) is 52.0 Å². The first-order valence-electron chi connectivity index (χ1n) is 7.36. The van der Waals surface area contributed by atoms with Crippen LogP contribution in [0, 0.1) is 0 Å². The van der Waals surface area contributed by atoms with Crippen LogP contribution in [0.15, 0.2) is 0 Å². The number of hydrogen-bond donors (Lipinski definition) is 1. The highest BCUT2D eigenvalue weighted by atomic mass is 16.5. The third-order valence-corrected chi connectivity index (χ3v) is 3.61. The average Bonchev–Trinajstić information content (AvgIpc) is 2.44. The highest BCUT2D eigenvalue weighted by Gasteiger charge is 2.22. The maximum atomic E-state index is 11.6. The van der Waals surface area contributed by atoms with Crippen molar-refractivity contribution in [2.75, 3.05) is 39.9 Å². The number of methoxy groups -OCH3 is 1. The Balaban J connectivity index is 2.26. The van der Waals surface area contributed by atoms with Crippen molar-refractivity contribution in [1.29, 1.82) is 0 Å². The summed E-state index contributed by atoms with van der Waals surface area (Å²) in [6.07, 6.45) is 3.42. The Morgan fingerprint density at radius 1 is 1.37 bits per heavy atom. The van der Waals surface area contributed by atoms with E-state index in [2.05, 4.69) is 10.2 Å². The summed E-state index contributed by atoms with van der Waals surface area (Å²) in [5, 5.41) is 3.18. The van der Waals surface area contributed by atoms with Gasteiger partial charge in [0.2, 0.25) is 0 Å². The van der Waals surface area contributed by atoms with Crippen LogP contribution in [-0.2, 0) is 14.3 Å². The van der Waals surface area contributed by atoms with E-state index in [1.165, 1.54) is 7.11 Å². The van der Waals surface area contributed by atoms with Crippen molar-refractivity contribution in [1.82, 2.24) is 10.2 Å². The molecule has 0 saturated carbocycles. The molecule has 1 fully saturated rings. The number of likely N-dealkylation sites (N-methyl/N-ethyl adjacent to an activating group) is 1. The molecule has 0 aromatic rings. The molecular formula is C14H28N2O3. The summed E-state index contributed by atoms with van der Waals surface area (Å²) in [5.41, 5.74) is 0. The molecule has 0 aromatic heterocycles. The van der Waals surface area contributed by atoms with Gasteiger partial charge in [0.15, 0.2) is 0 Å². The quantitative estimate of drug-likeness (QED) is 0.669. The molecule has 1 heterocycles. The Morgan fingerprint density at radius 3 is 2.58 bits per heavy atom. The number of carbonyl (C=O) groups excluding carboxylic acids is 1. The van der Waals surface area contributed by atoms with Gasteiger partial charge in [0.1, 0.15) is 6.04 Å². The van der Waals surface area contributed by atoms with E-state index >= 15 is 0 Å². The van der Waals surface area contributed by atoms with Crippen LogP contribution >= 0.6 is 0 Å². The molecule has 1 aliphatic heterocycles. The molecule has 0 radical (unpaired) electrons. The smallest absolute Gasteiger partial charge is 0.322 e. The van der Waals surface area contributed by atoms with Gasteiger partial charge in [-0.25, -0.2) is 0 Å². The molecule has 0 bridgehead atoms. The van der Waals surface area contributed by atoms with Crippen molar-refractivity contribution in [2.45, 2.75) is 45.3 Å². The molecule has 5 nitrogen and oxygen atoms in total. The van der Waals surface area contributed by atoms with Crippen LogP contribution in [-0.4, -0.2) is 62.9 Å². The topological polar surface area (TPSA) is 50.8 Å². The normalized spacial score (nSPS) is 19.3. The summed E-state index contributed by atoms with van der Waals surface area (Å²) >= 11 is 0. The Hall–Kier alpha value is -0.650. The van der Waals surface area contributed by atoms with Gasteiger partial charge in [-0.05, 0) is 32.7 Å². The van der Waals surface area contributed by atoms with E-state index in [0.29, 0.717) is 6.10 Å². The number of carbonyl (C=O) groups is 1. The maximum Gasteiger partial charge on any atom is 0.322 e. The zero-order chi connectivity index (χ0) is 14.1. The molecular weight excluding hydrogens is 244 g/mol. The van der Waals surface area contributed by atoms with Crippen LogP contribution in [0.1, 0.15) is 33.1 Å². The van der Waals surface area contributed by atoms with E-state index in [9.17, 15) is 4.79 Å². The Bertz CT molecular complexity index is 253. The van der Waals surface area contributed by atoms with Crippen molar-refractivity contribution in [3.8, 4) is 0 Å². The third kappa shape index (κ3) is 5.89. The van der Waals surface area contributed by atoms with Crippen LogP contribution < -0.4 is 5.32 Å². The Morgan fingerprint density at radius 2 is 2.05 bits per heavy atom. The molecule has 112 valence electrons. The fraction of sp³-hybridized carbons (Fsp3) is 0.929. The minimum Gasteiger partial charge on any atom is -0.468 e. The molecule has 1 rings (SSSR count). The molecule has 1 atom stereocenters. The number of likely N-dealkylation sites (tertiary alicyclic amines) is 1. The summed E-state index contributed by atoms with van der Waals surface area (Å²) in [4.78, 5) is 14.0. The van der Waals surface area contributed by atoms with Gasteiger partial charge in [-0.15, -0.1) is 0 Å². The van der Waals surface area contributed by atoms with Gasteiger partial charge in [0, 0.05) is 26.2 Å². The highest BCUT2D eigenvalue weighted by Crippen LogP contribution is 2.14. The zero-order valence-corrected chi connectivity index (χ0v) is 12.5. The van der Waals surface area contributed by atoms with E-state index in [-0.39, 0.29) is 12.0 Å². The Kier molecular flexibility index (Phi) is 8.02. The largest absolute Gasteiger partial charge is 0.468 e. The predicted molar refractivity (Wildman–Crippen MR) is 75.2 cm³/mol. The number of hydrogen-bond acceptors (Lipinski definition) is 5. The van der Waals surface area contributed by atoms with Crippen molar-refractivity contribution >= 4 is 5.97 Å². The van der Waals surface area contributed by atoms with Gasteiger partial charge in [-0.1, -0.05) is 6.92 Å². The van der Waals surface area contributed by atoms with Crippen LogP contribution in [0.5, 0.6) is 0 Å². The number of esters is 1. The fourth-order valence-corrected chi connectivity index (χ4v) is 2.54.